The number of rotatable bonds is 2. The number of halogens is 4. The van der Waals surface area contributed by atoms with Gasteiger partial charge in [0.15, 0.2) is 0 Å². The Hall–Kier alpha value is -2.57. The van der Waals surface area contributed by atoms with Crippen LogP contribution in [-0.4, -0.2) is 17.5 Å². The number of urea groups is 1. The molecule has 0 aliphatic carbocycles. The third kappa shape index (κ3) is 3.98. The maximum Gasteiger partial charge on any atom is 0.416 e. The van der Waals surface area contributed by atoms with E-state index < -0.39 is 23.6 Å². The van der Waals surface area contributed by atoms with E-state index in [-0.39, 0.29) is 11.7 Å². The molecule has 26 heavy (non-hydrogen) atoms. The van der Waals surface area contributed by atoms with E-state index in [1.807, 2.05) is 0 Å². The van der Waals surface area contributed by atoms with Crippen LogP contribution in [0.15, 0.2) is 48.5 Å². The highest BCUT2D eigenvalue weighted by molar-refractivity contribution is 5.89. The minimum Gasteiger partial charge on any atom is -0.317 e. The lowest BCUT2D eigenvalue weighted by molar-refractivity contribution is -0.137. The Kier molecular flexibility index (Phi) is 5.15. The number of alkyl halides is 3. The number of nitrogens with one attached hydrogen (secondary N) is 1. The lowest BCUT2D eigenvalue weighted by Crippen LogP contribution is -2.41. The van der Waals surface area contributed by atoms with Crippen LogP contribution in [0.2, 0.25) is 0 Å². The Morgan fingerprint density at radius 2 is 1.73 bits per heavy atom. The lowest BCUT2D eigenvalue weighted by atomic mass is 9.95. The molecule has 1 N–H and O–H groups in total. The van der Waals surface area contributed by atoms with E-state index in [2.05, 4.69) is 5.32 Å². The van der Waals surface area contributed by atoms with Gasteiger partial charge in [0.1, 0.15) is 5.82 Å². The zero-order chi connectivity index (χ0) is 18.7. The summed E-state index contributed by atoms with van der Waals surface area (Å²) >= 11 is 0. The average molecular weight is 366 g/mol. The number of nitrogens with zero attached hydrogens (tertiary/aromatic N) is 1. The van der Waals surface area contributed by atoms with Crippen molar-refractivity contribution < 1.29 is 22.4 Å². The first-order valence-corrected chi connectivity index (χ1v) is 8.35. The van der Waals surface area contributed by atoms with Crippen molar-refractivity contribution in [2.24, 2.45) is 0 Å². The van der Waals surface area contributed by atoms with Crippen molar-refractivity contribution in [3.8, 4) is 0 Å². The first-order chi connectivity index (χ1) is 12.4. The molecule has 138 valence electrons. The summed E-state index contributed by atoms with van der Waals surface area (Å²) in [6.07, 6.45) is -2.08. The first kappa shape index (κ1) is 18.2. The van der Waals surface area contributed by atoms with Gasteiger partial charge in [-0.15, -0.1) is 0 Å². The van der Waals surface area contributed by atoms with Gasteiger partial charge < -0.3 is 10.2 Å². The summed E-state index contributed by atoms with van der Waals surface area (Å²) in [4.78, 5) is 14.2. The summed E-state index contributed by atoms with van der Waals surface area (Å²) in [6.45, 7) is 0.464. The van der Waals surface area contributed by atoms with Gasteiger partial charge in [0.05, 0.1) is 17.3 Å². The van der Waals surface area contributed by atoms with E-state index in [1.54, 1.807) is 11.0 Å². The second-order valence-electron chi connectivity index (χ2n) is 6.23. The molecule has 1 heterocycles. The molecule has 0 spiro atoms. The van der Waals surface area contributed by atoms with E-state index in [9.17, 15) is 22.4 Å². The van der Waals surface area contributed by atoms with Crippen molar-refractivity contribution in [2.75, 3.05) is 11.9 Å². The number of likely N-dealkylation sites (tertiary alicyclic amines) is 1. The van der Waals surface area contributed by atoms with Gasteiger partial charge in [0.25, 0.3) is 0 Å². The molecule has 1 saturated heterocycles. The molecule has 2 amide bonds. The number of hydrogen-bond donors (Lipinski definition) is 1. The SMILES string of the molecule is O=C(Nc1ccccc1F)N1CCCC[C@H]1c1ccc(C(F)(F)F)cc1. The fourth-order valence-corrected chi connectivity index (χ4v) is 3.17. The van der Waals surface area contributed by atoms with Gasteiger partial charge in [-0.2, -0.15) is 13.2 Å². The molecule has 0 saturated carbocycles. The molecule has 0 unspecified atom stereocenters. The fourth-order valence-electron chi connectivity index (χ4n) is 3.17. The van der Waals surface area contributed by atoms with Crippen LogP contribution in [0.4, 0.5) is 28.0 Å². The predicted molar refractivity (Wildman–Crippen MR) is 90.2 cm³/mol. The van der Waals surface area contributed by atoms with Crippen molar-refractivity contribution in [1.29, 1.82) is 0 Å². The number of hydrogen-bond acceptors (Lipinski definition) is 1. The van der Waals surface area contributed by atoms with E-state index >= 15 is 0 Å². The number of carbonyl (C=O) groups is 1. The highest BCUT2D eigenvalue weighted by Gasteiger charge is 2.32. The third-order valence-electron chi connectivity index (χ3n) is 4.50. The number of amides is 2. The number of carbonyl (C=O) groups excluding carboxylic acids is 1. The van der Waals surface area contributed by atoms with Crippen LogP contribution < -0.4 is 5.32 Å². The van der Waals surface area contributed by atoms with E-state index in [1.165, 1.54) is 30.3 Å². The molecule has 0 aromatic heterocycles. The average Bonchev–Trinajstić information content (AvgIpc) is 2.63. The molecule has 1 aliphatic heterocycles. The van der Waals surface area contributed by atoms with E-state index in [4.69, 9.17) is 0 Å². The predicted octanol–water partition coefficient (Wildman–Crippen LogP) is 5.60. The molecule has 1 aliphatic rings. The molecule has 3 nitrogen and oxygen atoms in total. The summed E-state index contributed by atoms with van der Waals surface area (Å²) in [5, 5.41) is 2.55. The van der Waals surface area contributed by atoms with Gasteiger partial charge in [0.2, 0.25) is 0 Å². The molecule has 0 bridgehead atoms. The van der Waals surface area contributed by atoms with Gasteiger partial charge in [0, 0.05) is 6.54 Å². The van der Waals surface area contributed by atoms with Crippen LogP contribution in [0, 0.1) is 5.82 Å². The molecule has 0 radical (unpaired) electrons. The van der Waals surface area contributed by atoms with E-state index in [0.29, 0.717) is 18.5 Å². The Morgan fingerprint density at radius 3 is 2.38 bits per heavy atom. The van der Waals surface area contributed by atoms with Crippen LogP contribution in [0.25, 0.3) is 0 Å². The van der Waals surface area contributed by atoms with Crippen LogP contribution in [0.3, 0.4) is 0 Å². The molecule has 1 fully saturated rings. The van der Waals surface area contributed by atoms with Crippen LogP contribution in [-0.2, 0) is 6.18 Å². The highest BCUT2D eigenvalue weighted by Crippen LogP contribution is 2.34. The van der Waals surface area contributed by atoms with Crippen molar-refractivity contribution in [3.05, 3.63) is 65.5 Å². The van der Waals surface area contributed by atoms with Gasteiger partial charge in [-0.05, 0) is 49.1 Å². The number of anilines is 1. The summed E-state index contributed by atoms with van der Waals surface area (Å²) in [5.41, 5.74) is -0.00459. The standard InChI is InChI=1S/C19H18F4N2O/c20-15-5-1-2-6-16(15)24-18(26)25-12-4-3-7-17(25)13-8-10-14(11-9-13)19(21,22)23/h1-2,5-6,8-11,17H,3-4,7,12H2,(H,24,26)/t17-/m0/s1. The summed E-state index contributed by atoms with van der Waals surface area (Å²) in [7, 11) is 0. The van der Waals surface area contributed by atoms with Crippen molar-refractivity contribution in [3.63, 3.8) is 0 Å². The second kappa shape index (κ2) is 7.35. The highest BCUT2D eigenvalue weighted by atomic mass is 19.4. The molecule has 3 rings (SSSR count). The van der Waals surface area contributed by atoms with E-state index in [0.717, 1.165) is 25.0 Å². The van der Waals surface area contributed by atoms with Crippen molar-refractivity contribution in [1.82, 2.24) is 4.90 Å². The maximum atomic E-state index is 13.8. The number of piperidine rings is 1. The minimum absolute atomic E-state index is 0.0780. The van der Waals surface area contributed by atoms with Gasteiger partial charge in [-0.1, -0.05) is 24.3 Å². The second-order valence-corrected chi connectivity index (χ2v) is 6.23. The molecule has 2 aromatic carbocycles. The number of benzene rings is 2. The molecular formula is C19H18F4N2O. The maximum absolute atomic E-state index is 13.8. The summed E-state index contributed by atoms with van der Waals surface area (Å²) < 4.78 is 52.0. The van der Waals surface area contributed by atoms with Crippen LogP contribution in [0.5, 0.6) is 0 Å². The summed E-state index contributed by atoms with van der Waals surface area (Å²) in [5.74, 6) is -0.538. The summed E-state index contributed by atoms with van der Waals surface area (Å²) in [6, 6.07) is 9.92. The Labute approximate surface area is 148 Å². The van der Waals surface area contributed by atoms with Crippen LogP contribution in [0.1, 0.15) is 36.4 Å². The van der Waals surface area contributed by atoms with Crippen molar-refractivity contribution >= 4 is 11.7 Å². The van der Waals surface area contributed by atoms with Gasteiger partial charge in [-0.3, -0.25) is 0 Å². The fraction of sp³-hybridized carbons (Fsp3) is 0.316. The van der Waals surface area contributed by atoms with Gasteiger partial charge >= 0.3 is 12.2 Å². The Morgan fingerprint density at radius 1 is 1.04 bits per heavy atom. The van der Waals surface area contributed by atoms with Crippen LogP contribution >= 0.6 is 0 Å². The zero-order valence-corrected chi connectivity index (χ0v) is 13.9. The zero-order valence-electron chi connectivity index (χ0n) is 13.9. The molecule has 7 heteroatoms. The smallest absolute Gasteiger partial charge is 0.317 e. The molecule has 1 atom stereocenters. The molecule has 2 aromatic rings. The quantitative estimate of drug-likeness (QED) is 0.689. The lowest BCUT2D eigenvalue weighted by Gasteiger charge is -2.36. The normalized spacial score (nSPS) is 17.8. The largest absolute Gasteiger partial charge is 0.416 e. The minimum atomic E-state index is -4.40. The first-order valence-electron chi connectivity index (χ1n) is 8.35. The monoisotopic (exact) mass is 366 g/mol. The Bertz CT molecular complexity index is 774. The Balaban J connectivity index is 1.79. The third-order valence-corrected chi connectivity index (χ3v) is 4.50. The van der Waals surface area contributed by atoms with Gasteiger partial charge in [-0.25, -0.2) is 9.18 Å². The topological polar surface area (TPSA) is 32.3 Å². The van der Waals surface area contributed by atoms with Crippen molar-refractivity contribution in [2.45, 2.75) is 31.5 Å². The molecular weight excluding hydrogens is 348 g/mol. The number of para-hydroxylation sites is 1.